The van der Waals surface area contributed by atoms with Crippen molar-refractivity contribution in [1.82, 2.24) is 15.6 Å². The standard InChI is InChI=1S/C17H29N5O.HI/c1-5-18-16(21-17(2,3)4)20-13-14-7-6-8-19-15(14)22-9-11-23-12-10-22;/h6-8H,5,9-13H2,1-4H3,(H2,18,20,21);1H. The number of pyridine rings is 1. The van der Waals surface area contributed by atoms with Crippen molar-refractivity contribution in [3.8, 4) is 0 Å². The van der Waals surface area contributed by atoms with Gasteiger partial charge in [0.2, 0.25) is 0 Å². The summed E-state index contributed by atoms with van der Waals surface area (Å²) in [5, 5.41) is 6.70. The first kappa shape index (κ1) is 21.0. The SMILES string of the molecule is CCNC(=NCc1cccnc1N1CCOCC1)NC(C)(C)C.I. The van der Waals surface area contributed by atoms with Crippen molar-refractivity contribution in [2.45, 2.75) is 39.8 Å². The van der Waals surface area contributed by atoms with Gasteiger partial charge in [0, 0.05) is 36.9 Å². The zero-order chi connectivity index (χ0) is 16.7. The van der Waals surface area contributed by atoms with Crippen molar-refractivity contribution in [2.24, 2.45) is 4.99 Å². The third-order valence-corrected chi connectivity index (χ3v) is 3.42. The molecule has 0 amide bonds. The van der Waals surface area contributed by atoms with Crippen LogP contribution in [0.2, 0.25) is 0 Å². The topological polar surface area (TPSA) is 61.8 Å². The molecule has 0 saturated carbocycles. The van der Waals surface area contributed by atoms with Gasteiger partial charge in [-0.25, -0.2) is 9.98 Å². The van der Waals surface area contributed by atoms with Gasteiger partial charge in [0.25, 0.3) is 0 Å². The van der Waals surface area contributed by atoms with Crippen molar-refractivity contribution in [3.05, 3.63) is 23.9 Å². The first-order chi connectivity index (χ1) is 11.0. The van der Waals surface area contributed by atoms with Gasteiger partial charge in [0.15, 0.2) is 5.96 Å². The summed E-state index contributed by atoms with van der Waals surface area (Å²) in [6.07, 6.45) is 1.84. The van der Waals surface area contributed by atoms with Crippen LogP contribution in [-0.4, -0.2) is 49.3 Å². The molecule has 0 aliphatic carbocycles. The van der Waals surface area contributed by atoms with Gasteiger partial charge in [0.05, 0.1) is 19.8 Å². The molecule has 7 heteroatoms. The molecule has 0 unspecified atom stereocenters. The number of aromatic nitrogens is 1. The second-order valence-corrected chi connectivity index (χ2v) is 6.66. The van der Waals surface area contributed by atoms with E-state index in [0.29, 0.717) is 6.54 Å². The van der Waals surface area contributed by atoms with Crippen LogP contribution in [-0.2, 0) is 11.3 Å². The van der Waals surface area contributed by atoms with E-state index in [9.17, 15) is 0 Å². The van der Waals surface area contributed by atoms with Crippen LogP contribution >= 0.6 is 24.0 Å². The molecule has 0 bridgehead atoms. The highest BCUT2D eigenvalue weighted by molar-refractivity contribution is 14.0. The van der Waals surface area contributed by atoms with E-state index < -0.39 is 0 Å². The van der Waals surface area contributed by atoms with E-state index in [-0.39, 0.29) is 29.5 Å². The Morgan fingerprint density at radius 2 is 2.04 bits per heavy atom. The maximum absolute atomic E-state index is 5.43. The molecule has 2 rings (SSSR count). The number of guanidine groups is 1. The third kappa shape index (κ3) is 6.80. The number of ether oxygens (including phenoxy) is 1. The van der Waals surface area contributed by atoms with Gasteiger partial charge in [0.1, 0.15) is 5.82 Å². The minimum Gasteiger partial charge on any atom is -0.378 e. The van der Waals surface area contributed by atoms with Crippen LogP contribution in [0.5, 0.6) is 0 Å². The molecule has 1 saturated heterocycles. The Bertz CT molecular complexity index is 524. The van der Waals surface area contributed by atoms with E-state index >= 15 is 0 Å². The monoisotopic (exact) mass is 447 g/mol. The molecule has 1 aliphatic heterocycles. The van der Waals surface area contributed by atoms with Crippen LogP contribution in [0.25, 0.3) is 0 Å². The molecule has 1 aromatic rings. The first-order valence-corrected chi connectivity index (χ1v) is 8.32. The zero-order valence-electron chi connectivity index (χ0n) is 15.1. The number of aliphatic imine (C=N–C) groups is 1. The number of halogens is 1. The van der Waals surface area contributed by atoms with Crippen molar-refractivity contribution < 1.29 is 4.74 Å². The Morgan fingerprint density at radius 1 is 1.33 bits per heavy atom. The van der Waals surface area contributed by atoms with E-state index in [1.165, 1.54) is 0 Å². The fourth-order valence-corrected chi connectivity index (χ4v) is 2.44. The number of nitrogens with zero attached hydrogens (tertiary/aromatic N) is 3. The molecule has 0 atom stereocenters. The normalized spacial score (nSPS) is 15.7. The summed E-state index contributed by atoms with van der Waals surface area (Å²) in [6.45, 7) is 13.2. The fraction of sp³-hybridized carbons (Fsp3) is 0.647. The predicted octanol–water partition coefficient (Wildman–Crippen LogP) is 2.39. The molecule has 136 valence electrons. The summed E-state index contributed by atoms with van der Waals surface area (Å²) in [5.41, 5.74) is 1.11. The lowest BCUT2D eigenvalue weighted by atomic mass is 10.1. The largest absolute Gasteiger partial charge is 0.378 e. The average molecular weight is 447 g/mol. The minimum atomic E-state index is -0.0248. The molecule has 0 aromatic carbocycles. The zero-order valence-corrected chi connectivity index (χ0v) is 17.5. The number of rotatable bonds is 4. The van der Waals surface area contributed by atoms with E-state index in [1.807, 2.05) is 12.3 Å². The first-order valence-electron chi connectivity index (χ1n) is 8.32. The van der Waals surface area contributed by atoms with E-state index in [2.05, 4.69) is 54.3 Å². The molecule has 2 heterocycles. The molecular weight excluding hydrogens is 417 g/mol. The number of hydrogen-bond acceptors (Lipinski definition) is 4. The second kappa shape index (κ2) is 10.0. The van der Waals surface area contributed by atoms with Crippen molar-refractivity contribution in [3.63, 3.8) is 0 Å². The summed E-state index contributed by atoms with van der Waals surface area (Å²) in [5.74, 6) is 1.85. The molecule has 24 heavy (non-hydrogen) atoms. The summed E-state index contributed by atoms with van der Waals surface area (Å²) >= 11 is 0. The van der Waals surface area contributed by atoms with Crippen LogP contribution in [0.15, 0.2) is 23.3 Å². The molecule has 1 aromatic heterocycles. The van der Waals surface area contributed by atoms with Gasteiger partial charge in [-0.3, -0.25) is 0 Å². The van der Waals surface area contributed by atoms with Gasteiger partial charge in [-0.15, -0.1) is 24.0 Å². The molecular formula is C17H30IN5O. The molecule has 0 radical (unpaired) electrons. The number of anilines is 1. The average Bonchev–Trinajstić information content (AvgIpc) is 2.53. The Morgan fingerprint density at radius 3 is 2.67 bits per heavy atom. The summed E-state index contributed by atoms with van der Waals surface area (Å²) < 4.78 is 5.43. The van der Waals surface area contributed by atoms with Crippen molar-refractivity contribution in [2.75, 3.05) is 37.7 Å². The van der Waals surface area contributed by atoms with Gasteiger partial charge in [-0.2, -0.15) is 0 Å². The van der Waals surface area contributed by atoms with E-state index in [1.54, 1.807) is 0 Å². The summed E-state index contributed by atoms with van der Waals surface area (Å²) in [7, 11) is 0. The Labute approximate surface area is 162 Å². The molecule has 0 spiro atoms. The Kier molecular flexibility index (Phi) is 8.75. The highest BCUT2D eigenvalue weighted by atomic mass is 127. The highest BCUT2D eigenvalue weighted by Crippen LogP contribution is 2.19. The molecule has 1 aliphatic rings. The van der Waals surface area contributed by atoms with Crippen molar-refractivity contribution >= 4 is 35.8 Å². The van der Waals surface area contributed by atoms with Crippen LogP contribution in [0.1, 0.15) is 33.3 Å². The smallest absolute Gasteiger partial charge is 0.191 e. The molecule has 2 N–H and O–H groups in total. The lowest BCUT2D eigenvalue weighted by molar-refractivity contribution is 0.122. The van der Waals surface area contributed by atoms with Gasteiger partial charge >= 0.3 is 0 Å². The summed E-state index contributed by atoms with van der Waals surface area (Å²) in [6, 6.07) is 4.07. The lowest BCUT2D eigenvalue weighted by Gasteiger charge is -2.29. The van der Waals surface area contributed by atoms with Crippen LogP contribution in [0.3, 0.4) is 0 Å². The summed E-state index contributed by atoms with van der Waals surface area (Å²) in [4.78, 5) is 11.6. The second-order valence-electron chi connectivity index (χ2n) is 6.66. The number of nitrogens with one attached hydrogen (secondary N) is 2. The highest BCUT2D eigenvalue weighted by Gasteiger charge is 2.16. The van der Waals surface area contributed by atoms with E-state index in [4.69, 9.17) is 9.73 Å². The van der Waals surface area contributed by atoms with Crippen LogP contribution < -0.4 is 15.5 Å². The Hall–Kier alpha value is -1.09. The fourth-order valence-electron chi connectivity index (χ4n) is 2.44. The van der Waals surface area contributed by atoms with Crippen molar-refractivity contribution in [1.29, 1.82) is 0 Å². The van der Waals surface area contributed by atoms with Gasteiger partial charge in [-0.05, 0) is 33.8 Å². The minimum absolute atomic E-state index is 0. The van der Waals surface area contributed by atoms with E-state index in [0.717, 1.165) is 50.2 Å². The lowest BCUT2D eigenvalue weighted by Crippen LogP contribution is -2.47. The predicted molar refractivity (Wildman–Crippen MR) is 110 cm³/mol. The maximum atomic E-state index is 5.43. The third-order valence-electron chi connectivity index (χ3n) is 3.42. The van der Waals surface area contributed by atoms with Gasteiger partial charge in [-0.1, -0.05) is 6.07 Å². The quantitative estimate of drug-likeness (QED) is 0.422. The van der Waals surface area contributed by atoms with Gasteiger partial charge < -0.3 is 20.3 Å². The van der Waals surface area contributed by atoms with Crippen LogP contribution in [0, 0.1) is 0 Å². The molecule has 6 nitrogen and oxygen atoms in total. The maximum Gasteiger partial charge on any atom is 0.191 e. The Balaban J connectivity index is 0.00000288. The molecule has 1 fully saturated rings. The number of hydrogen-bond donors (Lipinski definition) is 2. The van der Waals surface area contributed by atoms with Crippen LogP contribution in [0.4, 0.5) is 5.82 Å². The number of morpholine rings is 1.